The zero-order valence-electron chi connectivity index (χ0n) is 19.7. The summed E-state index contributed by atoms with van der Waals surface area (Å²) in [6.07, 6.45) is 2.00. The predicted octanol–water partition coefficient (Wildman–Crippen LogP) is 3.71. The van der Waals surface area contributed by atoms with Gasteiger partial charge in [0.1, 0.15) is 18.7 Å². The van der Waals surface area contributed by atoms with Crippen molar-refractivity contribution in [2.24, 2.45) is 5.92 Å². The third kappa shape index (κ3) is 6.37. The molecule has 0 saturated heterocycles. The minimum Gasteiger partial charge on any atom is -0.467 e. The van der Waals surface area contributed by atoms with Crippen molar-refractivity contribution in [1.29, 1.82) is 0 Å². The first-order valence-corrected chi connectivity index (χ1v) is 11.3. The van der Waals surface area contributed by atoms with Gasteiger partial charge in [0, 0.05) is 23.5 Å². The number of benzene rings is 2. The third-order valence-electron chi connectivity index (χ3n) is 5.88. The molecule has 0 spiro atoms. The zero-order chi connectivity index (χ0) is 24.5. The first-order chi connectivity index (χ1) is 16.4. The standard InChI is InChI=1S/C26H31N3O5/c1-4-17(2)23(29-26(32)34-16-18-10-6-5-7-11-18)24(30)28-22(25(31)33-3)14-19-15-27-21-13-9-8-12-20(19)21/h5-13,15,17,22-23,27H,4,14,16H2,1-3H3,(H,28,30)(H,29,32)/t17-,22+,23+/m0/s1. The second-order valence-electron chi connectivity index (χ2n) is 8.22. The molecule has 0 aliphatic heterocycles. The van der Waals surface area contributed by atoms with Crippen molar-refractivity contribution < 1.29 is 23.9 Å². The molecule has 0 radical (unpaired) electrons. The Hall–Kier alpha value is -3.81. The number of methoxy groups -OCH3 is 1. The fourth-order valence-corrected chi connectivity index (χ4v) is 3.71. The van der Waals surface area contributed by atoms with E-state index in [0.717, 1.165) is 22.0 Å². The molecule has 0 unspecified atom stereocenters. The van der Waals surface area contributed by atoms with E-state index in [9.17, 15) is 14.4 Å². The molecule has 1 heterocycles. The Labute approximate surface area is 199 Å². The maximum absolute atomic E-state index is 13.2. The monoisotopic (exact) mass is 465 g/mol. The van der Waals surface area contributed by atoms with Crippen LogP contribution in [0.1, 0.15) is 31.4 Å². The van der Waals surface area contributed by atoms with Crippen LogP contribution in [0.15, 0.2) is 60.8 Å². The Morgan fingerprint density at radius 3 is 2.41 bits per heavy atom. The van der Waals surface area contributed by atoms with Crippen molar-refractivity contribution in [3.8, 4) is 0 Å². The van der Waals surface area contributed by atoms with Gasteiger partial charge in [-0.15, -0.1) is 0 Å². The number of alkyl carbamates (subject to hydrolysis) is 1. The van der Waals surface area contributed by atoms with Crippen LogP contribution in [-0.4, -0.2) is 42.1 Å². The highest BCUT2D eigenvalue weighted by molar-refractivity contribution is 5.91. The fraction of sp³-hybridized carbons (Fsp3) is 0.346. The molecule has 0 aliphatic carbocycles. The van der Waals surface area contributed by atoms with Crippen molar-refractivity contribution in [2.75, 3.05) is 7.11 Å². The topological polar surface area (TPSA) is 110 Å². The number of rotatable bonds is 10. The van der Waals surface area contributed by atoms with Crippen LogP contribution >= 0.6 is 0 Å². The van der Waals surface area contributed by atoms with Crippen LogP contribution in [0.2, 0.25) is 0 Å². The Morgan fingerprint density at radius 2 is 1.71 bits per heavy atom. The van der Waals surface area contributed by atoms with E-state index in [1.54, 1.807) is 0 Å². The minimum absolute atomic E-state index is 0.0901. The number of hydrogen-bond donors (Lipinski definition) is 3. The molecular formula is C26H31N3O5. The van der Waals surface area contributed by atoms with Crippen LogP contribution < -0.4 is 10.6 Å². The number of aromatic amines is 1. The van der Waals surface area contributed by atoms with Gasteiger partial charge in [0.25, 0.3) is 0 Å². The Kier molecular flexibility index (Phi) is 8.67. The maximum Gasteiger partial charge on any atom is 0.408 e. The van der Waals surface area contributed by atoms with Gasteiger partial charge >= 0.3 is 12.1 Å². The number of nitrogens with one attached hydrogen (secondary N) is 3. The minimum atomic E-state index is -0.912. The Morgan fingerprint density at radius 1 is 1.00 bits per heavy atom. The lowest BCUT2D eigenvalue weighted by Crippen LogP contribution is -2.54. The molecule has 3 N–H and O–H groups in total. The summed E-state index contributed by atoms with van der Waals surface area (Å²) in [7, 11) is 1.28. The van der Waals surface area contributed by atoms with Crippen molar-refractivity contribution in [3.63, 3.8) is 0 Å². The molecule has 3 aromatic rings. The quantitative estimate of drug-likeness (QED) is 0.396. The maximum atomic E-state index is 13.2. The second-order valence-corrected chi connectivity index (χ2v) is 8.22. The van der Waals surface area contributed by atoms with Crippen LogP contribution in [0.4, 0.5) is 4.79 Å². The predicted molar refractivity (Wildman–Crippen MR) is 129 cm³/mol. The van der Waals surface area contributed by atoms with Gasteiger partial charge in [-0.25, -0.2) is 9.59 Å². The first-order valence-electron chi connectivity index (χ1n) is 11.3. The van der Waals surface area contributed by atoms with Gasteiger partial charge in [-0.05, 0) is 23.1 Å². The van der Waals surface area contributed by atoms with Gasteiger partial charge < -0.3 is 25.1 Å². The number of fused-ring (bicyclic) bond motifs is 1. The number of para-hydroxylation sites is 1. The molecular weight excluding hydrogens is 434 g/mol. The molecule has 2 aromatic carbocycles. The number of carbonyl (C=O) groups excluding carboxylic acids is 3. The van der Waals surface area contributed by atoms with Gasteiger partial charge in [-0.3, -0.25) is 4.79 Å². The summed E-state index contributed by atoms with van der Waals surface area (Å²) in [6.45, 7) is 3.87. The summed E-state index contributed by atoms with van der Waals surface area (Å²) in [5.74, 6) is -1.22. The smallest absolute Gasteiger partial charge is 0.408 e. The number of H-pyrrole nitrogens is 1. The van der Waals surface area contributed by atoms with E-state index in [2.05, 4.69) is 15.6 Å². The summed E-state index contributed by atoms with van der Waals surface area (Å²) in [5, 5.41) is 6.39. The summed E-state index contributed by atoms with van der Waals surface area (Å²) >= 11 is 0. The molecule has 0 fully saturated rings. The second kappa shape index (κ2) is 11.9. The molecule has 8 nitrogen and oxygen atoms in total. The average molecular weight is 466 g/mol. The Balaban J connectivity index is 1.69. The highest BCUT2D eigenvalue weighted by Gasteiger charge is 2.31. The summed E-state index contributed by atoms with van der Waals surface area (Å²) in [4.78, 5) is 41.3. The van der Waals surface area contributed by atoms with Gasteiger partial charge in [0.05, 0.1) is 7.11 Å². The van der Waals surface area contributed by atoms with E-state index in [0.29, 0.717) is 6.42 Å². The SMILES string of the molecule is CC[C@H](C)[C@@H](NC(=O)OCc1ccccc1)C(=O)N[C@H](Cc1c[nH]c2ccccc12)C(=O)OC. The van der Waals surface area contributed by atoms with Crippen LogP contribution in [-0.2, 0) is 32.1 Å². The number of esters is 1. The number of amides is 2. The van der Waals surface area contributed by atoms with E-state index in [1.807, 2.05) is 74.6 Å². The zero-order valence-corrected chi connectivity index (χ0v) is 19.7. The van der Waals surface area contributed by atoms with Crippen molar-refractivity contribution in [1.82, 2.24) is 15.6 Å². The van der Waals surface area contributed by atoms with Gasteiger partial charge in [-0.1, -0.05) is 68.8 Å². The van der Waals surface area contributed by atoms with Crippen molar-refractivity contribution in [2.45, 2.75) is 45.4 Å². The van der Waals surface area contributed by atoms with Gasteiger partial charge in [-0.2, -0.15) is 0 Å². The molecule has 0 saturated carbocycles. The largest absolute Gasteiger partial charge is 0.467 e. The summed E-state index contributed by atoms with van der Waals surface area (Å²) in [6, 6.07) is 15.2. The van der Waals surface area contributed by atoms with Crippen molar-refractivity contribution >= 4 is 28.9 Å². The highest BCUT2D eigenvalue weighted by atomic mass is 16.5. The van der Waals surface area contributed by atoms with Gasteiger partial charge in [0.15, 0.2) is 0 Å². The van der Waals surface area contributed by atoms with Gasteiger partial charge in [0.2, 0.25) is 5.91 Å². The molecule has 180 valence electrons. The van der Waals surface area contributed by atoms with E-state index >= 15 is 0 Å². The molecule has 1 aromatic heterocycles. The number of ether oxygens (including phenoxy) is 2. The summed E-state index contributed by atoms with van der Waals surface area (Å²) < 4.78 is 10.2. The van der Waals surface area contributed by atoms with Crippen LogP contribution in [0.25, 0.3) is 10.9 Å². The molecule has 0 bridgehead atoms. The molecule has 8 heteroatoms. The molecule has 3 atom stereocenters. The number of carbonyl (C=O) groups is 3. The third-order valence-corrected chi connectivity index (χ3v) is 5.88. The van der Waals surface area contributed by atoms with Crippen LogP contribution in [0.5, 0.6) is 0 Å². The van der Waals surface area contributed by atoms with E-state index in [4.69, 9.17) is 9.47 Å². The van der Waals surface area contributed by atoms with Crippen molar-refractivity contribution in [3.05, 3.63) is 71.9 Å². The van der Waals surface area contributed by atoms with Crippen LogP contribution in [0, 0.1) is 5.92 Å². The molecule has 34 heavy (non-hydrogen) atoms. The molecule has 3 rings (SSSR count). The normalized spacial score (nSPS) is 13.5. The fourth-order valence-electron chi connectivity index (χ4n) is 3.71. The first kappa shape index (κ1) is 24.8. The van der Waals surface area contributed by atoms with E-state index < -0.39 is 30.1 Å². The van der Waals surface area contributed by atoms with Crippen LogP contribution in [0.3, 0.4) is 0 Å². The molecule has 2 amide bonds. The average Bonchev–Trinajstić information content (AvgIpc) is 3.28. The lowest BCUT2D eigenvalue weighted by Gasteiger charge is -2.25. The number of aromatic nitrogens is 1. The summed E-state index contributed by atoms with van der Waals surface area (Å²) in [5.41, 5.74) is 2.65. The lowest BCUT2D eigenvalue weighted by molar-refractivity contribution is -0.145. The van der Waals surface area contributed by atoms with E-state index in [-0.39, 0.29) is 18.9 Å². The highest BCUT2D eigenvalue weighted by Crippen LogP contribution is 2.20. The molecule has 0 aliphatic rings. The Bertz CT molecular complexity index is 1110. The number of hydrogen-bond acceptors (Lipinski definition) is 5. The van der Waals surface area contributed by atoms with E-state index in [1.165, 1.54) is 7.11 Å². The lowest BCUT2D eigenvalue weighted by atomic mass is 9.97.